The van der Waals surface area contributed by atoms with Crippen LogP contribution in [0, 0.1) is 0 Å². The van der Waals surface area contributed by atoms with E-state index < -0.39 is 10.8 Å². The fraction of sp³-hybridized carbons (Fsp3) is 0.556. The van der Waals surface area contributed by atoms with Crippen molar-refractivity contribution in [1.82, 2.24) is 5.32 Å². The van der Waals surface area contributed by atoms with Crippen molar-refractivity contribution in [2.24, 2.45) is 0 Å². The lowest BCUT2D eigenvalue weighted by Crippen LogP contribution is -2.22. The van der Waals surface area contributed by atoms with E-state index in [0.717, 1.165) is 28.8 Å². The molecule has 2 rings (SSSR count). The Balaban J connectivity index is 2.12. The van der Waals surface area contributed by atoms with Gasteiger partial charge < -0.3 is 5.32 Å². The Labute approximate surface area is 95.1 Å². The van der Waals surface area contributed by atoms with E-state index in [4.69, 9.17) is 11.6 Å². The van der Waals surface area contributed by atoms with Crippen molar-refractivity contribution in [1.29, 1.82) is 0 Å². The van der Waals surface area contributed by atoms with Crippen molar-refractivity contribution in [3.63, 3.8) is 0 Å². The van der Waals surface area contributed by atoms with E-state index in [1.807, 2.05) is 12.1 Å². The van der Waals surface area contributed by atoms with Crippen LogP contribution < -0.4 is 5.32 Å². The number of halogens is 1. The molecule has 1 aromatic heterocycles. The first-order valence-electron chi connectivity index (χ1n) is 4.59. The molecule has 1 saturated heterocycles. The molecule has 0 bridgehead atoms. The summed E-state index contributed by atoms with van der Waals surface area (Å²) < 4.78 is 12.3. The fourth-order valence-electron chi connectivity index (χ4n) is 1.54. The lowest BCUT2D eigenvalue weighted by molar-refractivity contribution is 0.595. The van der Waals surface area contributed by atoms with Crippen molar-refractivity contribution >= 4 is 33.7 Å². The quantitative estimate of drug-likeness (QED) is 0.827. The number of nitrogens with one attached hydrogen (secondary N) is 1. The Morgan fingerprint density at radius 1 is 1.57 bits per heavy atom. The van der Waals surface area contributed by atoms with Crippen molar-refractivity contribution in [2.75, 3.05) is 18.1 Å². The Kier molecular flexibility index (Phi) is 3.60. The molecule has 2 heterocycles. The molecule has 0 radical (unpaired) electrons. The largest absolute Gasteiger partial charge is 0.308 e. The van der Waals surface area contributed by atoms with Gasteiger partial charge in [0.1, 0.15) is 0 Å². The Bertz CT molecular complexity index is 339. The smallest absolute Gasteiger partial charge is 0.0931 e. The van der Waals surface area contributed by atoms with Gasteiger partial charge in [-0.1, -0.05) is 11.6 Å². The summed E-state index contributed by atoms with van der Waals surface area (Å²) in [6, 6.07) is 4.15. The van der Waals surface area contributed by atoms with E-state index >= 15 is 0 Å². The monoisotopic (exact) mass is 249 g/mol. The summed E-state index contributed by atoms with van der Waals surface area (Å²) in [7, 11) is -0.678. The first kappa shape index (κ1) is 10.6. The maximum Gasteiger partial charge on any atom is 0.0931 e. The second kappa shape index (κ2) is 4.75. The highest BCUT2D eigenvalue weighted by atomic mass is 35.5. The molecule has 1 aliphatic heterocycles. The predicted octanol–water partition coefficient (Wildman–Crippen LogP) is 2.18. The van der Waals surface area contributed by atoms with Gasteiger partial charge in [-0.3, -0.25) is 4.21 Å². The van der Waals surface area contributed by atoms with Gasteiger partial charge in [0.15, 0.2) is 0 Å². The van der Waals surface area contributed by atoms with Crippen molar-refractivity contribution in [3.05, 3.63) is 21.3 Å². The minimum atomic E-state index is -0.678. The zero-order valence-electron chi connectivity index (χ0n) is 7.66. The summed E-state index contributed by atoms with van der Waals surface area (Å²) in [4.78, 5) is 1.20. The minimum absolute atomic E-state index is 0.232. The molecule has 0 aromatic carbocycles. The van der Waals surface area contributed by atoms with Crippen LogP contribution in [0.3, 0.4) is 0 Å². The zero-order valence-corrected chi connectivity index (χ0v) is 10.1. The molecule has 14 heavy (non-hydrogen) atoms. The van der Waals surface area contributed by atoms with E-state index in [-0.39, 0.29) is 6.04 Å². The number of thiophene rings is 1. The van der Waals surface area contributed by atoms with Crippen LogP contribution in [0.2, 0.25) is 4.34 Å². The van der Waals surface area contributed by atoms with Gasteiger partial charge in [0.25, 0.3) is 0 Å². The average Bonchev–Trinajstić information content (AvgIpc) is 2.45. The van der Waals surface area contributed by atoms with Gasteiger partial charge in [0.05, 0.1) is 10.4 Å². The highest BCUT2D eigenvalue weighted by Crippen LogP contribution is 2.28. The molecule has 0 spiro atoms. The van der Waals surface area contributed by atoms with Gasteiger partial charge in [0, 0.05) is 27.2 Å². The standard InChI is InChI=1S/C9H12ClNOS2/c10-9-3-2-8(13-9)7-6-14(12)5-1-4-11-7/h2-3,7,11H,1,4-6H2. The number of hydrogen-bond acceptors (Lipinski definition) is 3. The summed E-state index contributed by atoms with van der Waals surface area (Å²) in [6.45, 7) is 0.950. The lowest BCUT2D eigenvalue weighted by atomic mass is 10.2. The average molecular weight is 250 g/mol. The van der Waals surface area contributed by atoms with Crippen LogP contribution >= 0.6 is 22.9 Å². The number of rotatable bonds is 1. The van der Waals surface area contributed by atoms with Gasteiger partial charge in [-0.2, -0.15) is 0 Å². The predicted molar refractivity (Wildman–Crippen MR) is 62.6 cm³/mol. The Morgan fingerprint density at radius 2 is 2.43 bits per heavy atom. The maximum absolute atomic E-state index is 11.5. The second-order valence-electron chi connectivity index (χ2n) is 3.31. The summed E-state index contributed by atoms with van der Waals surface area (Å²) in [5, 5.41) is 3.40. The van der Waals surface area contributed by atoms with Crippen molar-refractivity contribution in [3.8, 4) is 0 Å². The van der Waals surface area contributed by atoms with Gasteiger partial charge in [0.2, 0.25) is 0 Å². The molecule has 5 heteroatoms. The van der Waals surface area contributed by atoms with E-state index in [2.05, 4.69) is 5.32 Å². The Morgan fingerprint density at radius 3 is 3.14 bits per heavy atom. The van der Waals surface area contributed by atoms with Crippen molar-refractivity contribution < 1.29 is 4.21 Å². The molecule has 0 aliphatic carbocycles. The third-order valence-electron chi connectivity index (χ3n) is 2.23. The summed E-state index contributed by atoms with van der Waals surface area (Å²) in [5.41, 5.74) is 0. The third kappa shape index (κ3) is 2.57. The van der Waals surface area contributed by atoms with Gasteiger partial charge in [-0.05, 0) is 25.1 Å². The summed E-state index contributed by atoms with van der Waals surface area (Å²) in [6.07, 6.45) is 1.00. The molecule has 78 valence electrons. The van der Waals surface area contributed by atoms with Gasteiger partial charge in [-0.15, -0.1) is 11.3 Å². The van der Waals surface area contributed by atoms with Gasteiger partial charge in [-0.25, -0.2) is 0 Å². The molecule has 0 amide bonds. The first-order valence-corrected chi connectivity index (χ1v) is 7.27. The van der Waals surface area contributed by atoms with E-state index in [1.54, 1.807) is 11.3 Å². The molecular formula is C9H12ClNOS2. The van der Waals surface area contributed by atoms with Crippen molar-refractivity contribution in [2.45, 2.75) is 12.5 Å². The van der Waals surface area contributed by atoms with Crippen LogP contribution in [0.5, 0.6) is 0 Å². The number of hydrogen-bond donors (Lipinski definition) is 1. The van der Waals surface area contributed by atoms with Crippen LogP contribution in [-0.2, 0) is 10.8 Å². The zero-order chi connectivity index (χ0) is 9.97. The molecule has 2 nitrogen and oxygen atoms in total. The van der Waals surface area contributed by atoms with Crippen LogP contribution in [0.4, 0.5) is 0 Å². The SMILES string of the molecule is O=S1CCCNC(c2ccc(Cl)s2)C1. The fourth-order valence-corrected chi connectivity index (χ4v) is 4.08. The third-order valence-corrected chi connectivity index (χ3v) is 5.02. The molecular weight excluding hydrogens is 238 g/mol. The molecule has 1 aromatic rings. The molecule has 1 aliphatic rings. The van der Waals surface area contributed by atoms with E-state index in [0.29, 0.717) is 0 Å². The van der Waals surface area contributed by atoms with Gasteiger partial charge >= 0.3 is 0 Å². The minimum Gasteiger partial charge on any atom is -0.308 e. The van der Waals surface area contributed by atoms with E-state index in [1.165, 1.54) is 4.88 Å². The van der Waals surface area contributed by atoms with Crippen LogP contribution in [-0.4, -0.2) is 22.3 Å². The Hall–Kier alpha value is 0.1000. The lowest BCUT2D eigenvalue weighted by Gasteiger charge is -2.12. The van der Waals surface area contributed by atoms with Crippen LogP contribution in [0.25, 0.3) is 0 Å². The molecule has 1 fully saturated rings. The normalized spacial score (nSPS) is 28.6. The van der Waals surface area contributed by atoms with Crippen LogP contribution in [0.1, 0.15) is 17.3 Å². The van der Waals surface area contributed by atoms with E-state index in [9.17, 15) is 4.21 Å². The highest BCUT2D eigenvalue weighted by molar-refractivity contribution is 7.85. The summed E-state index contributed by atoms with van der Waals surface area (Å²) >= 11 is 7.45. The molecule has 1 N–H and O–H groups in total. The molecule has 2 atom stereocenters. The maximum atomic E-state index is 11.5. The molecule has 2 unspecified atom stereocenters. The summed E-state index contributed by atoms with van der Waals surface area (Å²) in [5.74, 6) is 1.54. The second-order valence-corrected chi connectivity index (χ2v) is 6.68. The molecule has 0 saturated carbocycles. The topological polar surface area (TPSA) is 29.1 Å². The first-order chi connectivity index (χ1) is 6.75. The highest BCUT2D eigenvalue weighted by Gasteiger charge is 2.19. The van der Waals surface area contributed by atoms with Crippen LogP contribution in [0.15, 0.2) is 12.1 Å².